The van der Waals surface area contributed by atoms with E-state index in [2.05, 4.69) is 21.4 Å². The van der Waals surface area contributed by atoms with E-state index < -0.39 is 0 Å². The number of hydrogen-bond acceptors (Lipinski definition) is 5. The highest BCUT2D eigenvalue weighted by atomic mass is 16.2. The summed E-state index contributed by atoms with van der Waals surface area (Å²) in [5.74, 6) is -0.125. The summed E-state index contributed by atoms with van der Waals surface area (Å²) in [5, 5.41) is 8.09. The summed E-state index contributed by atoms with van der Waals surface area (Å²) in [6.45, 7) is 8.94. The number of nitrogens with zero attached hydrogens (tertiary/aromatic N) is 6. The standard InChI is InChI=1S/C18H22N6O2/c1-5-22(6-2)15(25)10-23-11-19-17-16(18(23)26)20-21-24(17)14-8-12(3)7-13(4)9-14/h7-9,11H,5-6,10H2,1-4H3. The van der Waals surface area contributed by atoms with Crippen LogP contribution in [0.2, 0.25) is 0 Å². The first-order valence-electron chi connectivity index (χ1n) is 8.61. The van der Waals surface area contributed by atoms with Crippen LogP contribution in [-0.2, 0) is 11.3 Å². The molecule has 0 N–H and O–H groups in total. The van der Waals surface area contributed by atoms with E-state index in [0.29, 0.717) is 18.7 Å². The number of rotatable bonds is 5. The summed E-state index contributed by atoms with van der Waals surface area (Å²) in [6, 6.07) is 5.97. The van der Waals surface area contributed by atoms with E-state index in [4.69, 9.17) is 0 Å². The average Bonchev–Trinajstić information content (AvgIpc) is 3.02. The molecule has 136 valence electrons. The van der Waals surface area contributed by atoms with E-state index in [0.717, 1.165) is 16.8 Å². The van der Waals surface area contributed by atoms with E-state index in [-0.39, 0.29) is 23.5 Å². The Hall–Kier alpha value is -3.03. The summed E-state index contributed by atoms with van der Waals surface area (Å²) in [6.07, 6.45) is 1.38. The van der Waals surface area contributed by atoms with Crippen LogP contribution in [0.1, 0.15) is 25.0 Å². The molecule has 0 saturated carbocycles. The smallest absolute Gasteiger partial charge is 0.284 e. The van der Waals surface area contributed by atoms with E-state index >= 15 is 0 Å². The highest BCUT2D eigenvalue weighted by Crippen LogP contribution is 2.15. The third-order valence-electron chi connectivity index (χ3n) is 4.30. The minimum atomic E-state index is -0.369. The number of fused-ring (bicyclic) bond motifs is 1. The molecule has 8 heteroatoms. The molecule has 0 aliphatic rings. The maximum absolute atomic E-state index is 12.7. The predicted molar refractivity (Wildman–Crippen MR) is 98.3 cm³/mol. The Labute approximate surface area is 151 Å². The minimum absolute atomic E-state index is 0.0557. The Balaban J connectivity index is 2.02. The Bertz CT molecular complexity index is 996. The molecular formula is C18H22N6O2. The van der Waals surface area contributed by atoms with Crippen molar-refractivity contribution in [1.82, 2.24) is 29.4 Å². The first kappa shape index (κ1) is 17.8. The zero-order valence-electron chi connectivity index (χ0n) is 15.4. The summed E-state index contributed by atoms with van der Waals surface area (Å²) >= 11 is 0. The Morgan fingerprint density at radius 3 is 2.38 bits per heavy atom. The van der Waals surface area contributed by atoms with E-state index in [1.807, 2.05) is 39.8 Å². The summed E-state index contributed by atoms with van der Waals surface area (Å²) in [4.78, 5) is 30.9. The van der Waals surface area contributed by atoms with Gasteiger partial charge in [0.15, 0.2) is 11.2 Å². The first-order chi connectivity index (χ1) is 12.4. The number of benzene rings is 1. The van der Waals surface area contributed by atoms with Gasteiger partial charge in [0.2, 0.25) is 5.91 Å². The van der Waals surface area contributed by atoms with Crippen LogP contribution in [-0.4, -0.2) is 48.4 Å². The largest absolute Gasteiger partial charge is 0.342 e. The van der Waals surface area contributed by atoms with Crippen molar-refractivity contribution in [3.05, 3.63) is 46.0 Å². The molecule has 3 aromatic rings. The number of likely N-dealkylation sites (N-methyl/N-ethyl adjacent to an activating group) is 1. The Morgan fingerprint density at radius 2 is 1.77 bits per heavy atom. The van der Waals surface area contributed by atoms with Gasteiger partial charge >= 0.3 is 0 Å². The molecule has 2 heterocycles. The first-order valence-corrected chi connectivity index (χ1v) is 8.61. The van der Waals surface area contributed by atoms with Crippen molar-refractivity contribution < 1.29 is 4.79 Å². The quantitative estimate of drug-likeness (QED) is 0.692. The SMILES string of the molecule is CCN(CC)C(=O)Cn1cnc2c(nnn2-c2cc(C)cc(C)c2)c1=O. The normalized spacial score (nSPS) is 11.1. The van der Waals surface area contributed by atoms with Gasteiger partial charge in [-0.05, 0) is 51.0 Å². The van der Waals surface area contributed by atoms with E-state index in [9.17, 15) is 9.59 Å². The number of carbonyl (C=O) groups is 1. The monoisotopic (exact) mass is 354 g/mol. The van der Waals surface area contributed by atoms with E-state index in [1.54, 1.807) is 9.58 Å². The fourth-order valence-corrected chi connectivity index (χ4v) is 3.03. The molecule has 0 atom stereocenters. The van der Waals surface area contributed by atoms with Gasteiger partial charge in [-0.3, -0.25) is 14.2 Å². The fourth-order valence-electron chi connectivity index (χ4n) is 3.03. The van der Waals surface area contributed by atoms with Gasteiger partial charge in [0.05, 0.1) is 5.69 Å². The van der Waals surface area contributed by atoms with Crippen LogP contribution in [0.5, 0.6) is 0 Å². The molecule has 0 unspecified atom stereocenters. The zero-order valence-corrected chi connectivity index (χ0v) is 15.4. The molecule has 1 aromatic carbocycles. The Kier molecular flexibility index (Phi) is 4.83. The lowest BCUT2D eigenvalue weighted by Crippen LogP contribution is -2.36. The van der Waals surface area contributed by atoms with Gasteiger partial charge in [-0.25, -0.2) is 4.98 Å². The summed E-state index contributed by atoms with van der Waals surface area (Å²) in [5.41, 5.74) is 3.13. The Morgan fingerprint density at radius 1 is 1.12 bits per heavy atom. The molecule has 0 spiro atoms. The maximum atomic E-state index is 12.7. The lowest BCUT2D eigenvalue weighted by Gasteiger charge is -2.18. The van der Waals surface area contributed by atoms with Crippen LogP contribution in [0.4, 0.5) is 0 Å². The van der Waals surface area contributed by atoms with Crippen molar-refractivity contribution in [2.45, 2.75) is 34.2 Å². The topological polar surface area (TPSA) is 85.9 Å². The van der Waals surface area contributed by atoms with Crippen LogP contribution in [0.15, 0.2) is 29.3 Å². The van der Waals surface area contributed by atoms with Crippen molar-refractivity contribution in [3.63, 3.8) is 0 Å². The number of aromatic nitrogens is 5. The van der Waals surface area contributed by atoms with Gasteiger partial charge in [-0.1, -0.05) is 11.3 Å². The maximum Gasteiger partial charge on any atom is 0.284 e. The predicted octanol–water partition coefficient (Wildman–Crippen LogP) is 1.46. The van der Waals surface area contributed by atoms with Crippen molar-refractivity contribution in [1.29, 1.82) is 0 Å². The molecule has 0 radical (unpaired) electrons. The number of hydrogen-bond donors (Lipinski definition) is 0. The third kappa shape index (κ3) is 3.22. The molecule has 8 nitrogen and oxygen atoms in total. The van der Waals surface area contributed by atoms with Gasteiger partial charge < -0.3 is 4.90 Å². The molecule has 0 bridgehead atoms. The lowest BCUT2D eigenvalue weighted by atomic mass is 10.1. The second kappa shape index (κ2) is 7.07. The third-order valence-corrected chi connectivity index (χ3v) is 4.30. The second-order valence-corrected chi connectivity index (χ2v) is 6.26. The van der Waals surface area contributed by atoms with Gasteiger partial charge in [-0.2, -0.15) is 4.68 Å². The molecule has 0 aliphatic heterocycles. The zero-order chi connectivity index (χ0) is 18.8. The van der Waals surface area contributed by atoms with Crippen molar-refractivity contribution in [2.24, 2.45) is 0 Å². The number of aryl methyl sites for hydroxylation is 2. The molecule has 0 aliphatic carbocycles. The van der Waals surface area contributed by atoms with Crippen molar-refractivity contribution in [2.75, 3.05) is 13.1 Å². The van der Waals surface area contributed by atoms with Crippen LogP contribution in [0.25, 0.3) is 16.9 Å². The van der Waals surface area contributed by atoms with E-state index in [1.165, 1.54) is 10.9 Å². The highest BCUT2D eigenvalue weighted by Gasteiger charge is 2.16. The van der Waals surface area contributed by atoms with Crippen LogP contribution >= 0.6 is 0 Å². The molecule has 0 fully saturated rings. The average molecular weight is 354 g/mol. The molecule has 26 heavy (non-hydrogen) atoms. The highest BCUT2D eigenvalue weighted by molar-refractivity contribution is 5.76. The van der Waals surface area contributed by atoms with Crippen LogP contribution < -0.4 is 5.56 Å². The van der Waals surface area contributed by atoms with Crippen LogP contribution in [0, 0.1) is 13.8 Å². The van der Waals surface area contributed by atoms with Gasteiger partial charge in [-0.15, -0.1) is 5.10 Å². The molecule has 2 aromatic heterocycles. The second-order valence-electron chi connectivity index (χ2n) is 6.26. The fraction of sp³-hybridized carbons (Fsp3) is 0.389. The molecule has 0 saturated heterocycles. The molecule has 1 amide bonds. The van der Waals surface area contributed by atoms with Gasteiger partial charge in [0.25, 0.3) is 5.56 Å². The summed E-state index contributed by atoms with van der Waals surface area (Å²) in [7, 11) is 0. The molecular weight excluding hydrogens is 332 g/mol. The van der Waals surface area contributed by atoms with Crippen molar-refractivity contribution >= 4 is 17.1 Å². The van der Waals surface area contributed by atoms with Crippen LogP contribution in [0.3, 0.4) is 0 Å². The van der Waals surface area contributed by atoms with Gasteiger partial charge in [0.1, 0.15) is 12.9 Å². The van der Waals surface area contributed by atoms with Gasteiger partial charge in [0, 0.05) is 13.1 Å². The van der Waals surface area contributed by atoms with Crippen molar-refractivity contribution in [3.8, 4) is 5.69 Å². The lowest BCUT2D eigenvalue weighted by molar-refractivity contribution is -0.131. The summed E-state index contributed by atoms with van der Waals surface area (Å²) < 4.78 is 2.83. The number of amides is 1. The molecule has 3 rings (SSSR count). The minimum Gasteiger partial charge on any atom is -0.342 e. The number of carbonyl (C=O) groups excluding carboxylic acids is 1.